The fourth-order valence-corrected chi connectivity index (χ4v) is 2.57. The van der Waals surface area contributed by atoms with Gasteiger partial charge < -0.3 is 9.47 Å². The van der Waals surface area contributed by atoms with E-state index in [-0.39, 0.29) is 6.61 Å². The van der Waals surface area contributed by atoms with Gasteiger partial charge in [-0.25, -0.2) is 0 Å². The number of benzene rings is 2. The summed E-state index contributed by atoms with van der Waals surface area (Å²) in [5, 5.41) is 10.4. The lowest BCUT2D eigenvalue weighted by molar-refractivity contribution is 0.331. The van der Waals surface area contributed by atoms with E-state index >= 15 is 0 Å². The first-order valence-electron chi connectivity index (χ1n) is 6.90. The van der Waals surface area contributed by atoms with E-state index in [4.69, 9.17) is 39.1 Å². The molecule has 0 atom stereocenters. The summed E-state index contributed by atoms with van der Waals surface area (Å²) in [6.45, 7) is 0.148. The zero-order valence-corrected chi connectivity index (χ0v) is 14.4. The van der Waals surface area contributed by atoms with Crippen molar-refractivity contribution in [3.05, 3.63) is 57.6 Å². The molecule has 0 bridgehead atoms. The van der Waals surface area contributed by atoms with Crippen LogP contribution < -0.4 is 9.47 Å². The molecular weight excluding hydrogens is 345 g/mol. The number of allylic oxidation sites excluding steroid dienone is 1. The average Bonchev–Trinajstić information content (AvgIpc) is 2.58. The van der Waals surface area contributed by atoms with Gasteiger partial charge in [-0.2, -0.15) is 5.26 Å². The third-order valence-corrected chi connectivity index (χ3v) is 3.70. The van der Waals surface area contributed by atoms with E-state index in [1.807, 2.05) is 0 Å². The Balaban J connectivity index is 2.41. The van der Waals surface area contributed by atoms with E-state index < -0.39 is 0 Å². The van der Waals surface area contributed by atoms with Crippen molar-refractivity contribution in [1.82, 2.24) is 0 Å². The Hall–Kier alpha value is -2.59. The van der Waals surface area contributed by atoms with Crippen LogP contribution in [-0.2, 0) is 0 Å². The van der Waals surface area contributed by atoms with Crippen molar-refractivity contribution < 1.29 is 9.47 Å². The molecule has 0 N–H and O–H groups in total. The zero-order chi connectivity index (χ0) is 17.5. The molecule has 0 heterocycles. The number of nitrogens with zero attached hydrogens (tertiary/aromatic N) is 1. The zero-order valence-electron chi connectivity index (χ0n) is 12.8. The van der Waals surface area contributed by atoms with E-state index in [1.165, 1.54) is 7.11 Å². The number of ether oxygens (including phenoxy) is 2. The molecule has 0 aliphatic heterocycles. The Morgan fingerprint density at radius 2 is 2.00 bits per heavy atom. The first-order chi connectivity index (χ1) is 11.6. The van der Waals surface area contributed by atoms with Gasteiger partial charge in [0.2, 0.25) is 0 Å². The molecule has 0 spiro atoms. The lowest BCUT2D eigenvalue weighted by Crippen LogP contribution is -1.96. The maximum Gasteiger partial charge on any atom is 0.162 e. The molecule has 0 aliphatic carbocycles. The van der Waals surface area contributed by atoms with Gasteiger partial charge in [0.05, 0.1) is 23.8 Å². The molecule has 2 rings (SSSR count). The maximum absolute atomic E-state index is 9.44. The monoisotopic (exact) mass is 357 g/mol. The van der Waals surface area contributed by atoms with Gasteiger partial charge in [-0.1, -0.05) is 41.3 Å². The minimum absolute atomic E-state index is 0.148. The van der Waals surface area contributed by atoms with Crippen LogP contribution in [0.3, 0.4) is 0 Å². The van der Waals surface area contributed by atoms with Gasteiger partial charge in [0.1, 0.15) is 6.61 Å². The Bertz CT molecular complexity index is 861. The lowest BCUT2D eigenvalue weighted by Gasteiger charge is -2.10. The highest BCUT2D eigenvalue weighted by Gasteiger charge is 2.09. The molecule has 0 unspecified atom stereocenters. The standard InChI is InChI=1S/C19H13Cl2NO2/c1-3-8-24-18-7-4-13(10-19(18)23-2)9-14(12-22)16-6-5-15(20)11-17(16)21/h1,4-7,9-11H,8H2,2H3/b14-9+. The van der Waals surface area contributed by atoms with Gasteiger partial charge in [0, 0.05) is 10.6 Å². The van der Waals surface area contributed by atoms with Gasteiger partial charge in [-0.05, 0) is 35.9 Å². The van der Waals surface area contributed by atoms with Crippen molar-refractivity contribution in [2.75, 3.05) is 13.7 Å². The second kappa shape index (κ2) is 8.31. The second-order valence-corrected chi connectivity index (χ2v) is 5.54. The number of terminal acetylenes is 1. The van der Waals surface area contributed by atoms with E-state index in [9.17, 15) is 5.26 Å². The average molecular weight is 358 g/mol. The Morgan fingerprint density at radius 3 is 2.62 bits per heavy atom. The molecular formula is C19H13Cl2NO2. The Kier molecular flexibility index (Phi) is 6.15. The van der Waals surface area contributed by atoms with Crippen molar-refractivity contribution in [3.8, 4) is 29.9 Å². The molecule has 0 fully saturated rings. The maximum atomic E-state index is 9.44. The van der Waals surface area contributed by atoms with Gasteiger partial charge >= 0.3 is 0 Å². The van der Waals surface area contributed by atoms with Crippen molar-refractivity contribution in [2.45, 2.75) is 0 Å². The summed E-state index contributed by atoms with van der Waals surface area (Å²) >= 11 is 12.1. The first kappa shape index (κ1) is 17.8. The third kappa shape index (κ3) is 4.24. The topological polar surface area (TPSA) is 42.2 Å². The Labute approximate surface area is 151 Å². The molecule has 24 heavy (non-hydrogen) atoms. The SMILES string of the molecule is C#CCOc1ccc(/C=C(\C#N)c2ccc(Cl)cc2Cl)cc1OC. The lowest BCUT2D eigenvalue weighted by atomic mass is 10.0. The van der Waals surface area contributed by atoms with E-state index in [2.05, 4.69) is 12.0 Å². The fourth-order valence-electron chi connectivity index (χ4n) is 2.06. The van der Waals surface area contributed by atoms with Crippen LogP contribution in [-0.4, -0.2) is 13.7 Å². The summed E-state index contributed by atoms with van der Waals surface area (Å²) < 4.78 is 10.7. The summed E-state index contributed by atoms with van der Waals surface area (Å²) in [5.74, 6) is 3.46. The largest absolute Gasteiger partial charge is 0.493 e. The summed E-state index contributed by atoms with van der Waals surface area (Å²) in [5.41, 5.74) is 1.79. The minimum Gasteiger partial charge on any atom is -0.493 e. The predicted octanol–water partition coefficient (Wildman–Crippen LogP) is 5.08. The minimum atomic E-state index is 0.148. The summed E-state index contributed by atoms with van der Waals surface area (Å²) in [4.78, 5) is 0. The summed E-state index contributed by atoms with van der Waals surface area (Å²) in [7, 11) is 1.53. The van der Waals surface area contributed by atoms with Crippen molar-refractivity contribution in [2.24, 2.45) is 0 Å². The quantitative estimate of drug-likeness (QED) is 0.425. The summed E-state index contributed by atoms with van der Waals surface area (Å²) in [6, 6.07) is 12.4. The molecule has 0 aliphatic rings. The highest BCUT2D eigenvalue weighted by Crippen LogP contribution is 2.31. The molecule has 0 aromatic heterocycles. The van der Waals surface area contributed by atoms with Crippen LogP contribution in [0, 0.1) is 23.7 Å². The number of methoxy groups -OCH3 is 1. The van der Waals surface area contributed by atoms with Crippen molar-refractivity contribution >= 4 is 34.9 Å². The molecule has 2 aromatic rings. The molecule has 120 valence electrons. The van der Waals surface area contributed by atoms with Crippen LogP contribution in [0.2, 0.25) is 10.0 Å². The third-order valence-electron chi connectivity index (χ3n) is 3.15. The Morgan fingerprint density at radius 1 is 1.21 bits per heavy atom. The molecule has 2 aromatic carbocycles. The molecule has 0 saturated carbocycles. The van der Waals surface area contributed by atoms with E-state index in [0.717, 1.165) is 5.56 Å². The van der Waals surface area contributed by atoms with Gasteiger partial charge in [0.15, 0.2) is 11.5 Å². The van der Waals surface area contributed by atoms with Gasteiger partial charge in [-0.3, -0.25) is 0 Å². The number of hydrogen-bond acceptors (Lipinski definition) is 3. The van der Waals surface area contributed by atoms with Crippen molar-refractivity contribution in [1.29, 1.82) is 5.26 Å². The molecule has 0 radical (unpaired) electrons. The first-order valence-corrected chi connectivity index (χ1v) is 7.66. The van der Waals surface area contributed by atoms with Crippen LogP contribution in [0.25, 0.3) is 11.6 Å². The molecule has 3 nitrogen and oxygen atoms in total. The number of nitriles is 1. The second-order valence-electron chi connectivity index (χ2n) is 4.70. The number of rotatable bonds is 5. The van der Waals surface area contributed by atoms with Crippen LogP contribution in [0.5, 0.6) is 11.5 Å². The highest BCUT2D eigenvalue weighted by molar-refractivity contribution is 6.36. The van der Waals surface area contributed by atoms with Crippen LogP contribution in [0.1, 0.15) is 11.1 Å². The van der Waals surface area contributed by atoms with Crippen LogP contribution in [0.15, 0.2) is 36.4 Å². The fraction of sp³-hybridized carbons (Fsp3) is 0.105. The van der Waals surface area contributed by atoms with Gasteiger partial charge in [-0.15, -0.1) is 6.42 Å². The van der Waals surface area contributed by atoms with Crippen LogP contribution in [0.4, 0.5) is 0 Å². The van der Waals surface area contributed by atoms with Crippen LogP contribution >= 0.6 is 23.2 Å². The number of halogens is 2. The molecule has 5 heteroatoms. The summed E-state index contributed by atoms with van der Waals surface area (Å²) in [6.07, 6.45) is 6.90. The molecule has 0 amide bonds. The van der Waals surface area contributed by atoms with E-state index in [1.54, 1.807) is 42.5 Å². The van der Waals surface area contributed by atoms with Gasteiger partial charge in [0.25, 0.3) is 0 Å². The van der Waals surface area contributed by atoms with Crippen molar-refractivity contribution in [3.63, 3.8) is 0 Å². The normalized spacial score (nSPS) is 10.6. The number of hydrogen-bond donors (Lipinski definition) is 0. The smallest absolute Gasteiger partial charge is 0.162 e. The molecule has 0 saturated heterocycles. The predicted molar refractivity (Wildman–Crippen MR) is 97.3 cm³/mol. The van der Waals surface area contributed by atoms with E-state index in [0.29, 0.717) is 32.7 Å². The highest BCUT2D eigenvalue weighted by atomic mass is 35.5.